The van der Waals surface area contributed by atoms with E-state index in [1.807, 2.05) is 0 Å². The molecule has 1 aromatic carbocycles. The standard InChI is InChI=1S/C14H14ClN3O2S/c15-13-3-1-2-11(6-13)9-21(19,20)18-5-4-14-12(8-18)7-16-10-17-14/h1-3,6-7,10H,4-5,8-9H2. The smallest absolute Gasteiger partial charge is 0.218 e. The molecule has 2 heterocycles. The zero-order chi connectivity index (χ0) is 14.9. The number of fused-ring (bicyclic) bond motifs is 1. The van der Waals surface area contributed by atoms with Crippen molar-refractivity contribution in [3.8, 4) is 0 Å². The molecular formula is C14H14ClN3O2S. The van der Waals surface area contributed by atoms with Crippen molar-refractivity contribution in [1.82, 2.24) is 14.3 Å². The van der Waals surface area contributed by atoms with Crippen LogP contribution in [0, 0.1) is 0 Å². The minimum atomic E-state index is -3.38. The molecule has 0 fully saturated rings. The van der Waals surface area contributed by atoms with E-state index in [4.69, 9.17) is 11.6 Å². The van der Waals surface area contributed by atoms with E-state index >= 15 is 0 Å². The van der Waals surface area contributed by atoms with Crippen LogP contribution >= 0.6 is 11.6 Å². The largest absolute Gasteiger partial charge is 0.244 e. The van der Waals surface area contributed by atoms with Gasteiger partial charge in [0.1, 0.15) is 6.33 Å². The monoisotopic (exact) mass is 323 g/mol. The molecule has 0 amide bonds. The van der Waals surface area contributed by atoms with Crippen molar-refractivity contribution in [2.75, 3.05) is 6.54 Å². The quantitative estimate of drug-likeness (QED) is 0.867. The SMILES string of the molecule is O=S(=O)(Cc1cccc(Cl)c1)N1CCc2ncncc2C1. The molecule has 0 spiro atoms. The number of sulfonamides is 1. The molecule has 5 nitrogen and oxygen atoms in total. The Kier molecular flexibility index (Phi) is 3.93. The highest BCUT2D eigenvalue weighted by Crippen LogP contribution is 2.21. The molecule has 1 aliphatic heterocycles. The topological polar surface area (TPSA) is 63.2 Å². The predicted molar refractivity (Wildman–Crippen MR) is 80.2 cm³/mol. The Morgan fingerprint density at radius 3 is 3.00 bits per heavy atom. The van der Waals surface area contributed by atoms with Crippen LogP contribution in [0.25, 0.3) is 0 Å². The Balaban J connectivity index is 1.80. The molecular weight excluding hydrogens is 310 g/mol. The minimum Gasteiger partial charge on any atom is -0.244 e. The fourth-order valence-electron chi connectivity index (χ4n) is 2.41. The Hall–Kier alpha value is -1.50. The summed E-state index contributed by atoms with van der Waals surface area (Å²) in [6, 6.07) is 6.93. The summed E-state index contributed by atoms with van der Waals surface area (Å²) >= 11 is 5.90. The lowest BCUT2D eigenvalue weighted by molar-refractivity contribution is 0.386. The summed E-state index contributed by atoms with van der Waals surface area (Å²) in [5.74, 6) is -0.0451. The summed E-state index contributed by atoms with van der Waals surface area (Å²) in [7, 11) is -3.38. The second-order valence-electron chi connectivity index (χ2n) is 4.96. The first-order valence-electron chi connectivity index (χ1n) is 6.54. The van der Waals surface area contributed by atoms with Gasteiger partial charge in [-0.25, -0.2) is 18.4 Å². The maximum Gasteiger partial charge on any atom is 0.218 e. The van der Waals surface area contributed by atoms with Crippen molar-refractivity contribution in [3.63, 3.8) is 0 Å². The first-order chi connectivity index (χ1) is 10.0. The minimum absolute atomic E-state index is 0.0451. The lowest BCUT2D eigenvalue weighted by Crippen LogP contribution is -2.37. The molecule has 0 atom stereocenters. The van der Waals surface area contributed by atoms with Gasteiger partial charge in [0.15, 0.2) is 0 Å². The Morgan fingerprint density at radius 2 is 2.19 bits per heavy atom. The highest BCUT2D eigenvalue weighted by atomic mass is 35.5. The number of hydrogen-bond acceptors (Lipinski definition) is 4. The van der Waals surface area contributed by atoms with E-state index in [9.17, 15) is 8.42 Å². The number of halogens is 1. The molecule has 0 bridgehead atoms. The van der Waals surface area contributed by atoms with Gasteiger partial charge in [-0.1, -0.05) is 23.7 Å². The first-order valence-corrected chi connectivity index (χ1v) is 8.53. The normalized spacial score (nSPS) is 15.7. The van der Waals surface area contributed by atoms with Crippen LogP contribution in [0.15, 0.2) is 36.8 Å². The number of rotatable bonds is 3. The van der Waals surface area contributed by atoms with Crippen LogP contribution in [0.5, 0.6) is 0 Å². The van der Waals surface area contributed by atoms with Crippen molar-refractivity contribution in [1.29, 1.82) is 0 Å². The zero-order valence-corrected chi connectivity index (χ0v) is 12.8. The maximum atomic E-state index is 12.5. The van der Waals surface area contributed by atoms with Crippen LogP contribution in [0.1, 0.15) is 16.8 Å². The van der Waals surface area contributed by atoms with Gasteiger partial charge in [-0.05, 0) is 17.7 Å². The van der Waals surface area contributed by atoms with Gasteiger partial charge >= 0.3 is 0 Å². The van der Waals surface area contributed by atoms with Gasteiger partial charge in [0.2, 0.25) is 10.0 Å². The van der Waals surface area contributed by atoms with E-state index in [0.29, 0.717) is 30.1 Å². The van der Waals surface area contributed by atoms with Crippen LogP contribution in [0.2, 0.25) is 5.02 Å². The van der Waals surface area contributed by atoms with E-state index in [2.05, 4.69) is 9.97 Å². The Morgan fingerprint density at radius 1 is 1.33 bits per heavy atom. The molecule has 3 rings (SSSR count). The average molecular weight is 324 g/mol. The van der Waals surface area contributed by atoms with Crippen LogP contribution in [0.3, 0.4) is 0 Å². The molecule has 7 heteroatoms. The molecule has 0 N–H and O–H groups in total. The first kappa shape index (κ1) is 14.4. The summed E-state index contributed by atoms with van der Waals surface area (Å²) in [5, 5.41) is 0.542. The van der Waals surface area contributed by atoms with Gasteiger partial charge in [0.25, 0.3) is 0 Å². The Bertz CT molecular complexity index is 764. The summed E-state index contributed by atoms with van der Waals surface area (Å²) in [6.45, 7) is 0.784. The molecule has 0 unspecified atom stereocenters. The van der Waals surface area contributed by atoms with Crippen molar-refractivity contribution in [2.24, 2.45) is 0 Å². The van der Waals surface area contributed by atoms with E-state index in [1.165, 1.54) is 10.6 Å². The van der Waals surface area contributed by atoms with E-state index in [-0.39, 0.29) is 5.75 Å². The van der Waals surface area contributed by atoms with Gasteiger partial charge in [-0.15, -0.1) is 0 Å². The van der Waals surface area contributed by atoms with E-state index < -0.39 is 10.0 Å². The fourth-order valence-corrected chi connectivity index (χ4v) is 4.11. The number of aromatic nitrogens is 2. The molecule has 1 aromatic heterocycles. The van der Waals surface area contributed by atoms with Gasteiger partial charge in [-0.3, -0.25) is 0 Å². The third-order valence-electron chi connectivity index (χ3n) is 3.46. The van der Waals surface area contributed by atoms with Crippen molar-refractivity contribution >= 4 is 21.6 Å². The molecule has 110 valence electrons. The van der Waals surface area contributed by atoms with Crippen LogP contribution < -0.4 is 0 Å². The van der Waals surface area contributed by atoms with Crippen molar-refractivity contribution in [2.45, 2.75) is 18.7 Å². The highest BCUT2D eigenvalue weighted by molar-refractivity contribution is 7.88. The fraction of sp³-hybridized carbons (Fsp3) is 0.286. The average Bonchev–Trinajstić information content (AvgIpc) is 2.46. The van der Waals surface area contributed by atoms with E-state index in [1.54, 1.807) is 30.5 Å². The van der Waals surface area contributed by atoms with Crippen molar-refractivity contribution in [3.05, 3.63) is 58.6 Å². The third kappa shape index (κ3) is 3.23. The molecule has 21 heavy (non-hydrogen) atoms. The second-order valence-corrected chi connectivity index (χ2v) is 7.37. The molecule has 0 saturated carbocycles. The van der Waals surface area contributed by atoms with Gasteiger partial charge in [0, 0.05) is 42.0 Å². The summed E-state index contributed by atoms with van der Waals surface area (Å²) in [6.07, 6.45) is 3.80. The van der Waals surface area contributed by atoms with Crippen LogP contribution in [-0.2, 0) is 28.7 Å². The molecule has 0 aliphatic carbocycles. The van der Waals surface area contributed by atoms with Crippen LogP contribution in [-0.4, -0.2) is 29.2 Å². The molecule has 1 aliphatic rings. The summed E-state index contributed by atoms with van der Waals surface area (Å²) < 4.78 is 26.5. The van der Waals surface area contributed by atoms with Gasteiger partial charge in [-0.2, -0.15) is 4.31 Å². The summed E-state index contributed by atoms with van der Waals surface area (Å²) in [5.41, 5.74) is 2.50. The highest BCUT2D eigenvalue weighted by Gasteiger charge is 2.27. The number of benzene rings is 1. The maximum absolute atomic E-state index is 12.5. The number of hydrogen-bond donors (Lipinski definition) is 0. The molecule has 0 saturated heterocycles. The molecule has 0 radical (unpaired) electrons. The lowest BCUT2D eigenvalue weighted by atomic mass is 10.1. The Labute approximate surface area is 128 Å². The summed E-state index contributed by atoms with van der Waals surface area (Å²) in [4.78, 5) is 8.14. The second kappa shape index (κ2) is 5.71. The van der Waals surface area contributed by atoms with Gasteiger partial charge in [0.05, 0.1) is 5.75 Å². The third-order valence-corrected chi connectivity index (χ3v) is 5.49. The molecule has 2 aromatic rings. The zero-order valence-electron chi connectivity index (χ0n) is 11.2. The van der Waals surface area contributed by atoms with Crippen molar-refractivity contribution < 1.29 is 8.42 Å². The lowest BCUT2D eigenvalue weighted by Gasteiger charge is -2.27. The van der Waals surface area contributed by atoms with Crippen LogP contribution in [0.4, 0.5) is 0 Å². The number of nitrogens with zero attached hydrogens (tertiary/aromatic N) is 3. The predicted octanol–water partition coefficient (Wildman–Crippen LogP) is 2.02. The van der Waals surface area contributed by atoms with Gasteiger partial charge < -0.3 is 0 Å². The van der Waals surface area contributed by atoms with E-state index in [0.717, 1.165) is 11.3 Å².